The maximum absolute atomic E-state index is 5.84. The van der Waals surface area contributed by atoms with Crippen molar-refractivity contribution in [3.63, 3.8) is 0 Å². The van der Waals surface area contributed by atoms with Crippen LogP contribution in [0.2, 0.25) is 0 Å². The molecule has 0 unspecified atom stereocenters. The summed E-state index contributed by atoms with van der Waals surface area (Å²) < 4.78 is 5.07. The number of hydrogen-bond acceptors (Lipinski definition) is 6. The van der Waals surface area contributed by atoms with Crippen LogP contribution in [0.4, 0.5) is 11.6 Å². The van der Waals surface area contributed by atoms with Crippen LogP contribution in [0.3, 0.4) is 0 Å². The van der Waals surface area contributed by atoms with E-state index in [-0.39, 0.29) is 0 Å². The molecule has 0 saturated carbocycles. The largest absolute Gasteiger partial charge is 0.384 e. The van der Waals surface area contributed by atoms with Crippen molar-refractivity contribution >= 4 is 11.6 Å². The summed E-state index contributed by atoms with van der Waals surface area (Å²) in [6, 6.07) is 2.35. The van der Waals surface area contributed by atoms with E-state index in [1.165, 1.54) is 0 Å². The second-order valence-corrected chi connectivity index (χ2v) is 5.15. The van der Waals surface area contributed by atoms with Gasteiger partial charge in [0.2, 0.25) is 0 Å². The number of anilines is 2. The van der Waals surface area contributed by atoms with Crippen molar-refractivity contribution in [1.29, 1.82) is 0 Å². The number of aromatic nitrogens is 2. The topological polar surface area (TPSA) is 67.5 Å². The standard InChI is InChI=1S/C13H23N5O/c1-17-6-4-10(5-7-17)18(2)13-8-11(14)15-12(16-13)9-19-3/h8,10H,4-7,9H2,1-3H3,(H2,14,15,16). The van der Waals surface area contributed by atoms with Crippen molar-refractivity contribution in [2.75, 3.05) is 44.9 Å². The molecule has 2 N–H and O–H groups in total. The lowest BCUT2D eigenvalue weighted by atomic mass is 10.0. The van der Waals surface area contributed by atoms with E-state index in [4.69, 9.17) is 10.5 Å². The Hall–Kier alpha value is -1.40. The third-order valence-corrected chi connectivity index (χ3v) is 3.65. The van der Waals surface area contributed by atoms with Crippen LogP contribution >= 0.6 is 0 Å². The van der Waals surface area contributed by atoms with Crippen molar-refractivity contribution in [2.24, 2.45) is 0 Å². The normalized spacial score (nSPS) is 17.6. The molecule has 0 atom stereocenters. The lowest BCUT2D eigenvalue weighted by molar-refractivity contribution is 0.178. The molecule has 1 saturated heterocycles. The molecule has 0 amide bonds. The number of nitrogens with two attached hydrogens (primary N) is 1. The molecule has 1 fully saturated rings. The van der Waals surface area contributed by atoms with Gasteiger partial charge in [-0.25, -0.2) is 9.97 Å². The molecule has 1 aliphatic heterocycles. The summed E-state index contributed by atoms with van der Waals surface area (Å²) in [5.74, 6) is 2.02. The van der Waals surface area contributed by atoms with Gasteiger partial charge in [-0.3, -0.25) is 0 Å². The van der Waals surface area contributed by atoms with Crippen molar-refractivity contribution in [3.8, 4) is 0 Å². The highest BCUT2D eigenvalue weighted by Crippen LogP contribution is 2.21. The number of likely N-dealkylation sites (tertiary alicyclic amines) is 1. The van der Waals surface area contributed by atoms with Crippen LogP contribution in [-0.4, -0.2) is 55.2 Å². The maximum atomic E-state index is 5.84. The maximum Gasteiger partial charge on any atom is 0.158 e. The number of nitrogens with zero attached hydrogens (tertiary/aromatic N) is 4. The average molecular weight is 265 g/mol. The third-order valence-electron chi connectivity index (χ3n) is 3.65. The number of piperidine rings is 1. The predicted molar refractivity (Wildman–Crippen MR) is 76.1 cm³/mol. The molecule has 0 aromatic carbocycles. The first-order chi connectivity index (χ1) is 9.10. The lowest BCUT2D eigenvalue weighted by Crippen LogP contribution is -2.42. The highest BCUT2D eigenvalue weighted by Gasteiger charge is 2.22. The number of hydrogen-bond donors (Lipinski definition) is 1. The summed E-state index contributed by atoms with van der Waals surface area (Å²) in [6.07, 6.45) is 2.30. The van der Waals surface area contributed by atoms with Crippen LogP contribution in [0.1, 0.15) is 18.7 Å². The summed E-state index contributed by atoms with van der Waals surface area (Å²) >= 11 is 0. The molecular weight excluding hydrogens is 242 g/mol. The van der Waals surface area contributed by atoms with Crippen LogP contribution in [0.5, 0.6) is 0 Å². The molecule has 1 aromatic heterocycles. The van der Waals surface area contributed by atoms with Gasteiger partial charge < -0.3 is 20.3 Å². The van der Waals surface area contributed by atoms with E-state index >= 15 is 0 Å². The molecule has 6 nitrogen and oxygen atoms in total. The summed E-state index contributed by atoms with van der Waals surface area (Å²) in [5.41, 5.74) is 5.84. The minimum absolute atomic E-state index is 0.388. The zero-order chi connectivity index (χ0) is 13.8. The van der Waals surface area contributed by atoms with Crippen LogP contribution in [0.25, 0.3) is 0 Å². The average Bonchev–Trinajstić information content (AvgIpc) is 2.38. The summed E-state index contributed by atoms with van der Waals surface area (Å²) in [5, 5.41) is 0. The number of rotatable bonds is 4. The molecule has 2 rings (SSSR count). The third kappa shape index (κ3) is 3.54. The van der Waals surface area contributed by atoms with Gasteiger partial charge in [0.1, 0.15) is 18.2 Å². The first kappa shape index (κ1) is 14.0. The lowest BCUT2D eigenvalue weighted by Gasteiger charge is -2.35. The van der Waals surface area contributed by atoms with E-state index in [0.29, 0.717) is 24.3 Å². The fourth-order valence-electron chi connectivity index (χ4n) is 2.45. The smallest absolute Gasteiger partial charge is 0.158 e. The Bertz CT molecular complexity index is 417. The molecule has 0 aliphatic carbocycles. The van der Waals surface area contributed by atoms with Gasteiger partial charge in [-0.1, -0.05) is 0 Å². The van der Waals surface area contributed by atoms with Gasteiger partial charge in [0.05, 0.1) is 0 Å². The van der Waals surface area contributed by atoms with Gasteiger partial charge in [0.25, 0.3) is 0 Å². The van der Waals surface area contributed by atoms with Crippen molar-refractivity contribution in [2.45, 2.75) is 25.5 Å². The highest BCUT2D eigenvalue weighted by molar-refractivity contribution is 5.47. The zero-order valence-electron chi connectivity index (χ0n) is 12.0. The van der Waals surface area contributed by atoms with E-state index in [9.17, 15) is 0 Å². The summed E-state index contributed by atoms with van der Waals surface area (Å²) in [6.45, 7) is 2.64. The number of methoxy groups -OCH3 is 1. The Kier molecular flexibility index (Phi) is 4.55. The Balaban J connectivity index is 2.11. The molecule has 1 aromatic rings. The van der Waals surface area contributed by atoms with Gasteiger partial charge in [-0.05, 0) is 33.0 Å². The van der Waals surface area contributed by atoms with Crippen LogP contribution in [0, 0.1) is 0 Å². The molecule has 0 bridgehead atoms. The Morgan fingerprint density at radius 3 is 2.74 bits per heavy atom. The second kappa shape index (κ2) is 6.16. The van der Waals surface area contributed by atoms with Crippen LogP contribution in [-0.2, 0) is 11.3 Å². The van der Waals surface area contributed by atoms with Crippen LogP contribution in [0.15, 0.2) is 6.07 Å². The van der Waals surface area contributed by atoms with E-state index in [1.54, 1.807) is 7.11 Å². The SMILES string of the molecule is COCc1nc(N)cc(N(C)C2CCN(C)CC2)n1. The van der Waals surface area contributed by atoms with Crippen molar-refractivity contribution in [3.05, 3.63) is 11.9 Å². The quantitative estimate of drug-likeness (QED) is 0.866. The zero-order valence-corrected chi connectivity index (χ0v) is 12.0. The summed E-state index contributed by atoms with van der Waals surface area (Å²) in [7, 11) is 5.87. The fraction of sp³-hybridized carbons (Fsp3) is 0.692. The van der Waals surface area contributed by atoms with Gasteiger partial charge >= 0.3 is 0 Å². The van der Waals surface area contributed by atoms with Gasteiger partial charge in [-0.15, -0.1) is 0 Å². The molecule has 6 heteroatoms. The predicted octanol–water partition coefficient (Wildman–Crippen LogP) is 0.736. The number of ether oxygens (including phenoxy) is 1. The van der Waals surface area contributed by atoms with Crippen LogP contribution < -0.4 is 10.6 Å². The molecule has 0 radical (unpaired) electrons. The molecule has 0 spiro atoms. The van der Waals surface area contributed by atoms with Crippen molar-refractivity contribution < 1.29 is 4.74 Å². The van der Waals surface area contributed by atoms with E-state index in [1.807, 2.05) is 6.07 Å². The minimum atomic E-state index is 0.388. The molecule has 19 heavy (non-hydrogen) atoms. The Labute approximate surface area is 114 Å². The van der Waals surface area contributed by atoms with Crippen molar-refractivity contribution in [1.82, 2.24) is 14.9 Å². The molecular formula is C13H23N5O. The van der Waals surface area contributed by atoms with Gasteiger partial charge in [0.15, 0.2) is 5.82 Å². The van der Waals surface area contributed by atoms with E-state index in [2.05, 4.69) is 33.9 Å². The minimum Gasteiger partial charge on any atom is -0.384 e. The molecule has 1 aliphatic rings. The molecule has 2 heterocycles. The van der Waals surface area contributed by atoms with E-state index < -0.39 is 0 Å². The summed E-state index contributed by atoms with van der Waals surface area (Å²) in [4.78, 5) is 13.3. The number of nitrogen functional groups attached to an aromatic ring is 1. The first-order valence-electron chi connectivity index (χ1n) is 6.64. The Morgan fingerprint density at radius 1 is 1.42 bits per heavy atom. The first-order valence-corrected chi connectivity index (χ1v) is 6.64. The van der Waals surface area contributed by atoms with Gasteiger partial charge in [0, 0.05) is 26.3 Å². The second-order valence-electron chi connectivity index (χ2n) is 5.15. The fourth-order valence-corrected chi connectivity index (χ4v) is 2.45. The van der Waals surface area contributed by atoms with E-state index in [0.717, 1.165) is 31.7 Å². The Morgan fingerprint density at radius 2 is 2.11 bits per heavy atom. The highest BCUT2D eigenvalue weighted by atomic mass is 16.5. The monoisotopic (exact) mass is 265 g/mol. The van der Waals surface area contributed by atoms with Gasteiger partial charge in [-0.2, -0.15) is 0 Å². The molecule has 106 valence electrons.